The molecule has 218 valence electrons. The van der Waals surface area contributed by atoms with Crippen LogP contribution < -0.4 is 9.62 Å². The summed E-state index contributed by atoms with van der Waals surface area (Å²) in [5.41, 5.74) is 4.74. The van der Waals surface area contributed by atoms with Crippen molar-refractivity contribution in [2.75, 3.05) is 17.9 Å². The number of aryl methyl sites for hydroxylation is 3. The summed E-state index contributed by atoms with van der Waals surface area (Å²) in [7, 11) is -2.59. The maximum Gasteiger partial charge on any atom is 0.264 e. The molecule has 1 atom stereocenters. The molecular weight excluding hydrogens is 546 g/mol. The number of anilines is 1. The van der Waals surface area contributed by atoms with Crippen LogP contribution in [0.1, 0.15) is 27.8 Å². The van der Waals surface area contributed by atoms with Crippen molar-refractivity contribution in [2.24, 2.45) is 0 Å². The number of nitrogens with one attached hydrogen (secondary N) is 1. The van der Waals surface area contributed by atoms with Crippen LogP contribution in [-0.2, 0) is 32.6 Å². The third-order valence-corrected chi connectivity index (χ3v) is 8.97. The molecule has 0 saturated heterocycles. The van der Waals surface area contributed by atoms with Gasteiger partial charge in [0.2, 0.25) is 11.8 Å². The maximum absolute atomic E-state index is 14.4. The fourth-order valence-electron chi connectivity index (χ4n) is 4.95. The Morgan fingerprint density at radius 1 is 0.762 bits per heavy atom. The minimum absolute atomic E-state index is 0.0797. The molecule has 0 aliphatic heterocycles. The molecule has 0 aliphatic rings. The van der Waals surface area contributed by atoms with Crippen molar-refractivity contribution < 1.29 is 18.0 Å². The lowest BCUT2D eigenvalue weighted by Crippen LogP contribution is -2.53. The summed E-state index contributed by atoms with van der Waals surface area (Å²) < 4.78 is 29.3. The highest BCUT2D eigenvalue weighted by Gasteiger charge is 2.34. The van der Waals surface area contributed by atoms with E-state index >= 15 is 0 Å². The molecule has 8 heteroatoms. The van der Waals surface area contributed by atoms with Gasteiger partial charge in [0.05, 0.1) is 10.6 Å². The van der Waals surface area contributed by atoms with E-state index < -0.39 is 28.5 Å². The molecular formula is C34H37N3O4S. The van der Waals surface area contributed by atoms with E-state index in [0.717, 1.165) is 22.3 Å². The number of sulfonamides is 1. The van der Waals surface area contributed by atoms with E-state index in [9.17, 15) is 18.0 Å². The second-order valence-corrected chi connectivity index (χ2v) is 12.3. The molecule has 0 fully saturated rings. The van der Waals surface area contributed by atoms with Gasteiger partial charge in [0.15, 0.2) is 0 Å². The van der Waals surface area contributed by atoms with E-state index in [2.05, 4.69) is 5.32 Å². The van der Waals surface area contributed by atoms with Gasteiger partial charge in [-0.2, -0.15) is 0 Å². The first-order valence-corrected chi connectivity index (χ1v) is 15.3. The van der Waals surface area contributed by atoms with Crippen LogP contribution in [0.3, 0.4) is 0 Å². The molecule has 0 radical (unpaired) electrons. The number of carbonyl (C=O) groups excluding carboxylic acids is 2. The highest BCUT2D eigenvalue weighted by molar-refractivity contribution is 7.92. The van der Waals surface area contributed by atoms with Crippen LogP contribution in [0.5, 0.6) is 0 Å². The van der Waals surface area contributed by atoms with Crippen molar-refractivity contribution in [3.63, 3.8) is 0 Å². The molecule has 4 rings (SSSR count). The van der Waals surface area contributed by atoms with E-state index in [1.54, 1.807) is 24.3 Å². The van der Waals surface area contributed by atoms with Gasteiger partial charge in [0.1, 0.15) is 12.6 Å². The van der Waals surface area contributed by atoms with Gasteiger partial charge in [0.25, 0.3) is 10.0 Å². The first kappa shape index (κ1) is 30.5. The van der Waals surface area contributed by atoms with E-state index in [-0.39, 0.29) is 23.8 Å². The third kappa shape index (κ3) is 7.25. The molecule has 4 aromatic carbocycles. The van der Waals surface area contributed by atoms with Crippen LogP contribution >= 0.6 is 0 Å². The fourth-order valence-corrected chi connectivity index (χ4v) is 6.44. The van der Waals surface area contributed by atoms with Crippen molar-refractivity contribution in [2.45, 2.75) is 44.7 Å². The average molecular weight is 584 g/mol. The van der Waals surface area contributed by atoms with Crippen molar-refractivity contribution in [3.05, 3.63) is 131 Å². The van der Waals surface area contributed by atoms with Gasteiger partial charge in [-0.3, -0.25) is 13.9 Å². The quantitative estimate of drug-likeness (QED) is 0.263. The second-order valence-electron chi connectivity index (χ2n) is 10.4. The maximum atomic E-state index is 14.4. The molecule has 2 amide bonds. The Morgan fingerprint density at radius 2 is 1.38 bits per heavy atom. The highest BCUT2D eigenvalue weighted by atomic mass is 32.2. The number of hydrogen-bond donors (Lipinski definition) is 1. The van der Waals surface area contributed by atoms with Crippen LogP contribution in [0, 0.1) is 20.8 Å². The average Bonchev–Trinajstić information content (AvgIpc) is 2.99. The Kier molecular flexibility index (Phi) is 9.80. The van der Waals surface area contributed by atoms with Crippen molar-refractivity contribution in [3.8, 4) is 0 Å². The molecule has 4 aromatic rings. The lowest BCUT2D eigenvalue weighted by atomic mass is 10.0. The predicted octanol–water partition coefficient (Wildman–Crippen LogP) is 5.19. The number of nitrogens with zero attached hydrogens (tertiary/aromatic N) is 2. The van der Waals surface area contributed by atoms with Crippen molar-refractivity contribution in [1.29, 1.82) is 0 Å². The monoisotopic (exact) mass is 583 g/mol. The molecule has 0 spiro atoms. The summed E-state index contributed by atoms with van der Waals surface area (Å²) in [6, 6.07) is 30.0. The Labute approximate surface area is 248 Å². The number of likely N-dealkylation sites (N-methyl/N-ethyl adjacent to an activating group) is 1. The van der Waals surface area contributed by atoms with Crippen LogP contribution in [0.4, 0.5) is 5.69 Å². The highest BCUT2D eigenvalue weighted by Crippen LogP contribution is 2.28. The van der Waals surface area contributed by atoms with Crippen LogP contribution in [0.25, 0.3) is 0 Å². The SMILES string of the molecule is CNC(=O)[C@H](Cc1ccccc1)N(Cc1cccc(C)c1)C(=O)CN(c1cc(C)ccc1C)S(=O)(=O)c1ccccc1. The van der Waals surface area contributed by atoms with E-state index in [0.29, 0.717) is 11.3 Å². The minimum Gasteiger partial charge on any atom is -0.357 e. The van der Waals surface area contributed by atoms with Crippen LogP contribution in [-0.4, -0.2) is 44.8 Å². The van der Waals surface area contributed by atoms with Gasteiger partial charge >= 0.3 is 0 Å². The van der Waals surface area contributed by atoms with Crippen LogP contribution in [0.15, 0.2) is 108 Å². The summed E-state index contributed by atoms with van der Waals surface area (Å²) in [5.74, 6) is -0.814. The largest absolute Gasteiger partial charge is 0.357 e. The lowest BCUT2D eigenvalue weighted by Gasteiger charge is -2.34. The predicted molar refractivity (Wildman–Crippen MR) is 167 cm³/mol. The minimum atomic E-state index is -4.13. The molecule has 0 aromatic heterocycles. The number of benzene rings is 4. The molecule has 0 aliphatic carbocycles. The molecule has 1 N–H and O–H groups in total. The zero-order valence-corrected chi connectivity index (χ0v) is 25.3. The Balaban J connectivity index is 1.81. The summed E-state index contributed by atoms with van der Waals surface area (Å²) in [6.45, 7) is 5.32. The smallest absolute Gasteiger partial charge is 0.264 e. The van der Waals surface area contributed by atoms with E-state index in [1.165, 1.54) is 28.4 Å². The van der Waals surface area contributed by atoms with Crippen molar-refractivity contribution >= 4 is 27.5 Å². The van der Waals surface area contributed by atoms with Gasteiger partial charge in [-0.15, -0.1) is 0 Å². The van der Waals surface area contributed by atoms with Gasteiger partial charge < -0.3 is 10.2 Å². The molecule has 7 nitrogen and oxygen atoms in total. The third-order valence-electron chi connectivity index (χ3n) is 7.20. The zero-order valence-electron chi connectivity index (χ0n) is 24.4. The molecule has 42 heavy (non-hydrogen) atoms. The summed E-state index contributed by atoms with van der Waals surface area (Å²) in [4.78, 5) is 29.3. The molecule has 0 heterocycles. The van der Waals surface area contributed by atoms with Crippen LogP contribution in [0.2, 0.25) is 0 Å². The van der Waals surface area contributed by atoms with Crippen molar-refractivity contribution in [1.82, 2.24) is 10.2 Å². The zero-order chi connectivity index (χ0) is 30.3. The summed E-state index contributed by atoms with van der Waals surface area (Å²) in [5, 5.41) is 2.71. The van der Waals surface area contributed by atoms with Gasteiger partial charge in [-0.25, -0.2) is 8.42 Å². The summed E-state index contributed by atoms with van der Waals surface area (Å²) >= 11 is 0. The summed E-state index contributed by atoms with van der Waals surface area (Å²) in [6.07, 6.45) is 0.271. The molecule has 0 unspecified atom stereocenters. The first-order valence-electron chi connectivity index (χ1n) is 13.9. The van der Waals surface area contributed by atoms with E-state index in [4.69, 9.17) is 0 Å². The Morgan fingerprint density at radius 3 is 2.02 bits per heavy atom. The number of amides is 2. The molecule has 0 saturated carbocycles. The number of hydrogen-bond acceptors (Lipinski definition) is 4. The second kappa shape index (κ2) is 13.5. The van der Waals surface area contributed by atoms with E-state index in [1.807, 2.05) is 87.5 Å². The fraction of sp³-hybridized carbons (Fsp3) is 0.235. The van der Waals surface area contributed by atoms with Gasteiger partial charge in [-0.1, -0.05) is 90.5 Å². The topological polar surface area (TPSA) is 86.8 Å². The first-order chi connectivity index (χ1) is 20.1. The number of rotatable bonds is 11. The Bertz CT molecular complexity index is 1640. The Hall–Kier alpha value is -4.43. The number of carbonyl (C=O) groups is 2. The lowest BCUT2D eigenvalue weighted by molar-refractivity contribution is -0.139. The van der Waals surface area contributed by atoms with Gasteiger partial charge in [0, 0.05) is 20.0 Å². The standard InChI is InChI=1S/C34H37N3O4S/c1-25-12-11-15-29(20-25)23-36(32(34(39)35-4)22-28-13-7-5-8-14-28)33(38)24-37(31-21-26(2)18-19-27(31)3)42(40,41)30-16-9-6-10-17-30/h5-21,32H,22-24H2,1-4H3,(H,35,39)/t32-/m0/s1. The molecule has 0 bridgehead atoms. The van der Waals surface area contributed by atoms with Gasteiger partial charge in [-0.05, 0) is 61.2 Å². The normalized spacial score (nSPS) is 11.9.